The third kappa shape index (κ3) is 3.07. The van der Waals surface area contributed by atoms with E-state index in [1.54, 1.807) is 12.4 Å². The molecule has 22 heavy (non-hydrogen) atoms. The maximum Gasteiger partial charge on any atom is 0.262 e. The highest BCUT2D eigenvalue weighted by atomic mass is 32.1. The van der Waals surface area contributed by atoms with Crippen LogP contribution in [-0.2, 0) is 0 Å². The van der Waals surface area contributed by atoms with Crippen molar-refractivity contribution in [1.29, 1.82) is 0 Å². The largest absolute Gasteiger partial charge is 0.345 e. The van der Waals surface area contributed by atoms with Crippen molar-refractivity contribution >= 4 is 17.2 Å². The third-order valence-corrected chi connectivity index (χ3v) is 4.42. The van der Waals surface area contributed by atoms with Gasteiger partial charge in [-0.05, 0) is 41.6 Å². The van der Waals surface area contributed by atoms with Crippen LogP contribution in [0.2, 0.25) is 0 Å². The van der Waals surface area contributed by atoms with Gasteiger partial charge in [0.25, 0.3) is 5.91 Å². The van der Waals surface area contributed by atoms with E-state index in [-0.39, 0.29) is 11.9 Å². The molecule has 2 heterocycles. The van der Waals surface area contributed by atoms with Crippen molar-refractivity contribution in [2.24, 2.45) is 0 Å². The van der Waals surface area contributed by atoms with Gasteiger partial charge in [-0.15, -0.1) is 11.3 Å². The molecular formula is C18H16N2OS. The van der Waals surface area contributed by atoms with E-state index in [0.29, 0.717) is 0 Å². The lowest BCUT2D eigenvalue weighted by Crippen LogP contribution is -2.26. The van der Waals surface area contributed by atoms with Crippen LogP contribution in [0.1, 0.15) is 28.2 Å². The third-order valence-electron chi connectivity index (χ3n) is 3.51. The van der Waals surface area contributed by atoms with Gasteiger partial charge in [0, 0.05) is 18.0 Å². The predicted octanol–water partition coefficient (Wildman–Crippen LogP) is 4.30. The van der Waals surface area contributed by atoms with Gasteiger partial charge in [0.05, 0.1) is 10.9 Å². The molecule has 110 valence electrons. The Balaban J connectivity index is 1.81. The first kappa shape index (κ1) is 14.5. The zero-order valence-electron chi connectivity index (χ0n) is 12.2. The minimum Gasteiger partial charge on any atom is -0.345 e. The molecule has 0 aliphatic carbocycles. The summed E-state index contributed by atoms with van der Waals surface area (Å²) in [5.74, 6) is -0.0434. The summed E-state index contributed by atoms with van der Waals surface area (Å²) in [6, 6.07) is 15.7. The number of rotatable bonds is 4. The molecule has 0 bridgehead atoms. The molecule has 1 amide bonds. The molecule has 0 aliphatic rings. The zero-order valence-corrected chi connectivity index (χ0v) is 13.0. The van der Waals surface area contributed by atoms with Crippen LogP contribution in [0, 0.1) is 0 Å². The molecule has 2 aromatic heterocycles. The summed E-state index contributed by atoms with van der Waals surface area (Å²) in [4.78, 5) is 17.3. The Morgan fingerprint density at radius 3 is 2.55 bits per heavy atom. The number of amides is 1. The Morgan fingerprint density at radius 1 is 1.09 bits per heavy atom. The molecule has 0 saturated heterocycles. The van der Waals surface area contributed by atoms with Crippen molar-refractivity contribution in [2.45, 2.75) is 13.0 Å². The second-order valence-corrected chi connectivity index (χ2v) is 5.92. The van der Waals surface area contributed by atoms with Crippen molar-refractivity contribution in [3.05, 3.63) is 76.7 Å². The lowest BCUT2D eigenvalue weighted by molar-refractivity contribution is 0.0944. The van der Waals surface area contributed by atoms with Gasteiger partial charge in [0.1, 0.15) is 0 Å². The number of carbonyl (C=O) groups is 1. The summed E-state index contributed by atoms with van der Waals surface area (Å²) in [7, 11) is 0. The summed E-state index contributed by atoms with van der Waals surface area (Å²) in [5, 5.41) is 5.01. The second kappa shape index (κ2) is 6.54. The van der Waals surface area contributed by atoms with E-state index in [1.165, 1.54) is 11.3 Å². The summed E-state index contributed by atoms with van der Waals surface area (Å²) in [5.41, 5.74) is 3.08. The van der Waals surface area contributed by atoms with Crippen molar-refractivity contribution in [3.63, 3.8) is 0 Å². The Bertz CT molecular complexity index is 753. The predicted molar refractivity (Wildman–Crippen MR) is 89.9 cm³/mol. The molecular weight excluding hydrogens is 292 g/mol. The molecule has 0 unspecified atom stereocenters. The number of carbonyl (C=O) groups excluding carboxylic acids is 1. The average molecular weight is 308 g/mol. The number of hydrogen-bond donors (Lipinski definition) is 1. The number of nitrogens with one attached hydrogen (secondary N) is 1. The van der Waals surface area contributed by atoms with Gasteiger partial charge in [-0.2, -0.15) is 0 Å². The van der Waals surface area contributed by atoms with Gasteiger partial charge in [-0.25, -0.2) is 0 Å². The number of benzene rings is 1. The normalized spacial score (nSPS) is 11.9. The number of hydrogen-bond acceptors (Lipinski definition) is 3. The number of pyridine rings is 1. The van der Waals surface area contributed by atoms with Gasteiger partial charge in [0.15, 0.2) is 0 Å². The first-order chi connectivity index (χ1) is 10.8. The van der Waals surface area contributed by atoms with Crippen LogP contribution in [0.4, 0.5) is 0 Å². The molecule has 0 fully saturated rings. The fraction of sp³-hybridized carbons (Fsp3) is 0.111. The van der Waals surface area contributed by atoms with Gasteiger partial charge >= 0.3 is 0 Å². The Kier molecular flexibility index (Phi) is 4.30. The van der Waals surface area contributed by atoms with E-state index in [4.69, 9.17) is 0 Å². The van der Waals surface area contributed by atoms with Crippen LogP contribution in [-0.4, -0.2) is 10.9 Å². The molecule has 1 aromatic carbocycles. The van der Waals surface area contributed by atoms with Crippen LogP contribution in [0.3, 0.4) is 0 Å². The summed E-state index contributed by atoms with van der Waals surface area (Å²) >= 11 is 1.47. The molecule has 0 spiro atoms. The zero-order chi connectivity index (χ0) is 15.4. The maximum atomic E-state index is 12.6. The minimum atomic E-state index is -0.0544. The molecule has 0 radical (unpaired) electrons. The van der Waals surface area contributed by atoms with E-state index >= 15 is 0 Å². The van der Waals surface area contributed by atoms with Crippen LogP contribution in [0.5, 0.6) is 0 Å². The van der Waals surface area contributed by atoms with Gasteiger partial charge in [-0.3, -0.25) is 9.78 Å². The van der Waals surface area contributed by atoms with Gasteiger partial charge in [-0.1, -0.05) is 30.3 Å². The SMILES string of the molecule is C[C@H](NC(=O)c1sccc1-c1ccccc1)c1ccncc1. The van der Waals surface area contributed by atoms with Crippen LogP contribution >= 0.6 is 11.3 Å². The molecule has 3 rings (SSSR count). The van der Waals surface area contributed by atoms with Crippen LogP contribution in [0.15, 0.2) is 66.3 Å². The van der Waals surface area contributed by atoms with E-state index < -0.39 is 0 Å². The minimum absolute atomic E-state index is 0.0434. The van der Waals surface area contributed by atoms with Crippen molar-refractivity contribution < 1.29 is 4.79 Å². The summed E-state index contributed by atoms with van der Waals surface area (Å²) < 4.78 is 0. The lowest BCUT2D eigenvalue weighted by atomic mass is 10.1. The fourth-order valence-corrected chi connectivity index (χ4v) is 3.15. The summed E-state index contributed by atoms with van der Waals surface area (Å²) in [6.07, 6.45) is 3.47. The van der Waals surface area contributed by atoms with Crippen LogP contribution in [0.25, 0.3) is 11.1 Å². The standard InChI is InChI=1S/C18H16N2OS/c1-13(14-7-10-19-11-8-14)20-18(21)17-16(9-12-22-17)15-5-3-2-4-6-15/h2-13H,1H3,(H,20,21)/t13-/m0/s1. The quantitative estimate of drug-likeness (QED) is 0.780. The van der Waals surface area contributed by atoms with Gasteiger partial charge in [0.2, 0.25) is 0 Å². The topological polar surface area (TPSA) is 42.0 Å². The highest BCUT2D eigenvalue weighted by Gasteiger charge is 2.17. The smallest absolute Gasteiger partial charge is 0.262 e. The van der Waals surface area contributed by atoms with E-state index in [9.17, 15) is 4.79 Å². The molecule has 4 heteroatoms. The van der Waals surface area contributed by atoms with Crippen molar-refractivity contribution in [2.75, 3.05) is 0 Å². The average Bonchev–Trinajstić information content (AvgIpc) is 3.06. The lowest BCUT2D eigenvalue weighted by Gasteiger charge is -2.14. The number of nitrogens with zero attached hydrogens (tertiary/aromatic N) is 1. The van der Waals surface area contributed by atoms with Crippen LogP contribution < -0.4 is 5.32 Å². The summed E-state index contributed by atoms with van der Waals surface area (Å²) in [6.45, 7) is 1.98. The van der Waals surface area contributed by atoms with E-state index in [0.717, 1.165) is 21.6 Å². The maximum absolute atomic E-state index is 12.6. The molecule has 1 atom stereocenters. The van der Waals surface area contributed by atoms with Crippen molar-refractivity contribution in [1.82, 2.24) is 10.3 Å². The van der Waals surface area contributed by atoms with Gasteiger partial charge < -0.3 is 5.32 Å². The highest BCUT2D eigenvalue weighted by Crippen LogP contribution is 2.28. The van der Waals surface area contributed by atoms with E-state index in [1.807, 2.05) is 60.8 Å². The molecule has 3 nitrogen and oxygen atoms in total. The Hall–Kier alpha value is -2.46. The molecule has 0 saturated carbocycles. The number of thiophene rings is 1. The number of aromatic nitrogens is 1. The molecule has 1 N–H and O–H groups in total. The first-order valence-corrected chi connectivity index (χ1v) is 7.97. The monoisotopic (exact) mass is 308 g/mol. The van der Waals surface area contributed by atoms with Crippen molar-refractivity contribution in [3.8, 4) is 11.1 Å². The highest BCUT2D eigenvalue weighted by molar-refractivity contribution is 7.12. The van der Waals surface area contributed by atoms with E-state index in [2.05, 4.69) is 10.3 Å². The Labute approximate surface area is 133 Å². The Morgan fingerprint density at radius 2 is 1.82 bits per heavy atom. The molecule has 3 aromatic rings. The fourth-order valence-electron chi connectivity index (χ4n) is 2.33. The second-order valence-electron chi connectivity index (χ2n) is 5.01. The first-order valence-electron chi connectivity index (χ1n) is 7.09. The molecule has 0 aliphatic heterocycles.